The average molecular weight is 656 g/mol. The molecule has 3 heterocycles. The molecule has 13 heteroatoms. The minimum atomic E-state index is -5.03. The van der Waals surface area contributed by atoms with E-state index >= 15 is 0 Å². The monoisotopic (exact) mass is 655 g/mol. The Morgan fingerprint density at radius 3 is 2.45 bits per heavy atom. The number of carbonyl (C=O) groups excluding carboxylic acids is 1. The fourth-order valence-electron chi connectivity index (χ4n) is 4.72. The first kappa shape index (κ1) is 33.9. The van der Waals surface area contributed by atoms with E-state index in [0.717, 1.165) is 11.1 Å². The maximum atomic E-state index is 12.5. The lowest BCUT2D eigenvalue weighted by molar-refractivity contribution is -0.174. The first-order chi connectivity index (χ1) is 22.5. The molecule has 0 fully saturated rings. The predicted molar refractivity (Wildman–Crippen MR) is 173 cm³/mol. The number of nitriles is 2. The smallest absolute Gasteiger partial charge is 0.329 e. The van der Waals surface area contributed by atoms with E-state index in [0.29, 0.717) is 32.5 Å². The first-order valence-corrected chi connectivity index (χ1v) is 14.2. The van der Waals surface area contributed by atoms with E-state index < -0.39 is 24.2 Å². The molecule has 0 spiro atoms. The van der Waals surface area contributed by atoms with Crippen LogP contribution in [0, 0.1) is 22.7 Å². The summed E-state index contributed by atoms with van der Waals surface area (Å²) in [6, 6.07) is 15.5. The molecule has 0 aliphatic heterocycles. The Morgan fingerprint density at radius 2 is 1.79 bits per heavy atom. The minimum absolute atomic E-state index is 0.225. The number of carbonyl (C=O) groups is 1. The zero-order valence-electron chi connectivity index (χ0n) is 24.7. The SMILES string of the molecule is C=Cc1c(/C=C\C)cncc1C(C#N)n1cc(-c2cccc(Cl)c2)c(=O)[nH]1.N#CC(NC(=O)C(F)(F)F)c1cncc2ccccc12. The van der Waals surface area contributed by atoms with Crippen molar-refractivity contribution in [3.63, 3.8) is 0 Å². The highest BCUT2D eigenvalue weighted by Crippen LogP contribution is 2.27. The number of pyridine rings is 2. The van der Waals surface area contributed by atoms with Crippen molar-refractivity contribution in [3.05, 3.63) is 130 Å². The van der Waals surface area contributed by atoms with Crippen molar-refractivity contribution in [3.8, 4) is 23.3 Å². The molecule has 1 amide bonds. The van der Waals surface area contributed by atoms with Gasteiger partial charge in [-0.2, -0.15) is 23.7 Å². The van der Waals surface area contributed by atoms with Crippen LogP contribution in [0.1, 0.15) is 41.3 Å². The summed E-state index contributed by atoms with van der Waals surface area (Å²) in [7, 11) is 0. The molecule has 2 N–H and O–H groups in total. The Morgan fingerprint density at radius 1 is 1.06 bits per heavy atom. The van der Waals surface area contributed by atoms with E-state index in [9.17, 15) is 28.0 Å². The molecule has 0 aliphatic rings. The van der Waals surface area contributed by atoms with Crippen LogP contribution < -0.4 is 10.9 Å². The van der Waals surface area contributed by atoms with E-state index in [1.54, 1.807) is 84.6 Å². The summed E-state index contributed by atoms with van der Waals surface area (Å²) in [6.45, 7) is 5.76. The number of aromatic nitrogens is 4. The van der Waals surface area contributed by atoms with Crippen LogP contribution in [0.4, 0.5) is 13.2 Å². The third-order valence-corrected chi connectivity index (χ3v) is 7.08. The fraction of sp³-hybridized carbons (Fsp3) is 0.118. The second kappa shape index (κ2) is 14.9. The van der Waals surface area contributed by atoms with Crippen molar-refractivity contribution in [1.29, 1.82) is 10.5 Å². The van der Waals surface area contributed by atoms with Gasteiger partial charge in [-0.25, -0.2) is 0 Å². The van der Waals surface area contributed by atoms with Gasteiger partial charge in [0.2, 0.25) is 0 Å². The number of fused-ring (bicyclic) bond motifs is 1. The Hall–Kier alpha value is -5.98. The molecule has 0 bridgehead atoms. The molecule has 5 rings (SSSR count). The maximum absolute atomic E-state index is 12.5. The number of H-pyrrole nitrogens is 1. The van der Waals surface area contributed by atoms with Gasteiger partial charge in [-0.15, -0.1) is 0 Å². The van der Waals surface area contributed by atoms with Crippen molar-refractivity contribution in [2.75, 3.05) is 0 Å². The summed E-state index contributed by atoms with van der Waals surface area (Å²) >= 11 is 6.03. The second-order valence-corrected chi connectivity index (χ2v) is 10.3. The largest absolute Gasteiger partial charge is 0.471 e. The molecule has 0 aliphatic carbocycles. The van der Waals surface area contributed by atoms with Crippen molar-refractivity contribution < 1.29 is 18.0 Å². The fourth-order valence-corrected chi connectivity index (χ4v) is 4.91. The molecule has 0 saturated heterocycles. The number of hydrogen-bond donors (Lipinski definition) is 2. The summed E-state index contributed by atoms with van der Waals surface area (Å²) in [5, 5.41) is 24.9. The highest BCUT2D eigenvalue weighted by atomic mass is 35.5. The van der Waals surface area contributed by atoms with E-state index in [4.69, 9.17) is 16.9 Å². The van der Waals surface area contributed by atoms with Gasteiger partial charge in [-0.3, -0.25) is 29.3 Å². The molecule has 236 valence electrons. The van der Waals surface area contributed by atoms with Crippen LogP contribution in [0.25, 0.3) is 34.1 Å². The topological polar surface area (TPSA) is 140 Å². The van der Waals surface area contributed by atoms with Crippen LogP contribution in [0.2, 0.25) is 5.02 Å². The van der Waals surface area contributed by atoms with Gasteiger partial charge >= 0.3 is 12.1 Å². The van der Waals surface area contributed by atoms with E-state index in [1.807, 2.05) is 19.1 Å². The molecule has 5 aromatic rings. The van der Waals surface area contributed by atoms with Crippen LogP contribution in [0.5, 0.6) is 0 Å². The molecule has 2 aromatic carbocycles. The van der Waals surface area contributed by atoms with Gasteiger partial charge in [-0.05, 0) is 35.6 Å². The number of nitrogens with one attached hydrogen (secondary N) is 2. The lowest BCUT2D eigenvalue weighted by Gasteiger charge is -2.15. The van der Waals surface area contributed by atoms with Gasteiger partial charge in [0.15, 0.2) is 6.04 Å². The minimum Gasteiger partial charge on any atom is -0.329 e. The van der Waals surface area contributed by atoms with Crippen molar-refractivity contribution >= 4 is 40.4 Å². The number of hydrogen-bond acceptors (Lipinski definition) is 6. The molecular formula is C34H25ClF3N7O2. The number of halogens is 4. The summed E-state index contributed by atoms with van der Waals surface area (Å²) in [5.41, 5.74) is 3.37. The van der Waals surface area contributed by atoms with E-state index in [-0.39, 0.29) is 11.1 Å². The second-order valence-electron chi connectivity index (χ2n) is 9.85. The molecule has 0 saturated carbocycles. The third kappa shape index (κ3) is 7.82. The number of allylic oxidation sites excluding steroid dienone is 1. The van der Waals surface area contributed by atoms with Crippen molar-refractivity contribution in [1.82, 2.24) is 25.1 Å². The maximum Gasteiger partial charge on any atom is 0.471 e. The van der Waals surface area contributed by atoms with Gasteiger partial charge < -0.3 is 5.32 Å². The highest BCUT2D eigenvalue weighted by Gasteiger charge is 2.40. The summed E-state index contributed by atoms with van der Waals surface area (Å²) in [5.74, 6) is -2.16. The Labute approximate surface area is 271 Å². The Bertz CT molecular complexity index is 2100. The number of benzene rings is 2. The van der Waals surface area contributed by atoms with Crippen molar-refractivity contribution in [2.24, 2.45) is 0 Å². The van der Waals surface area contributed by atoms with Gasteiger partial charge in [0.25, 0.3) is 5.56 Å². The van der Waals surface area contributed by atoms with Crippen LogP contribution in [-0.2, 0) is 4.79 Å². The molecule has 9 nitrogen and oxygen atoms in total. The van der Waals surface area contributed by atoms with E-state index in [2.05, 4.69) is 27.7 Å². The molecule has 2 unspecified atom stereocenters. The standard InChI is InChI=1S/C21H17ClN4O.C13H8F3N3O/c1-3-6-15-11-24-12-18(17(15)4-2)20(10-23)26-13-19(21(27)25-26)14-7-5-8-16(22)9-14;14-13(15,16)12(20)19-11(5-17)10-7-18-6-8-3-1-2-4-9(8)10/h3-9,11-13,20H,2H2,1H3,(H,25,27);1-4,6-7,11H,(H,19,20)/b6-3-;. The predicted octanol–water partition coefficient (Wildman–Crippen LogP) is 7.16. The van der Waals surface area contributed by atoms with Crippen LogP contribution >= 0.6 is 11.6 Å². The lowest BCUT2D eigenvalue weighted by Crippen LogP contribution is -2.38. The number of rotatable bonds is 7. The molecular weight excluding hydrogens is 631 g/mol. The number of nitrogens with zero attached hydrogens (tertiary/aromatic N) is 5. The molecule has 47 heavy (non-hydrogen) atoms. The first-order valence-electron chi connectivity index (χ1n) is 13.8. The van der Waals surface area contributed by atoms with Gasteiger partial charge in [0.05, 0.1) is 17.7 Å². The number of amides is 1. The number of aromatic amines is 1. The lowest BCUT2D eigenvalue weighted by atomic mass is 9.99. The highest BCUT2D eigenvalue weighted by molar-refractivity contribution is 6.30. The quantitative estimate of drug-likeness (QED) is 0.191. The summed E-state index contributed by atoms with van der Waals surface area (Å²) in [4.78, 5) is 31.5. The van der Waals surface area contributed by atoms with Gasteiger partial charge in [0, 0.05) is 58.1 Å². The summed E-state index contributed by atoms with van der Waals surface area (Å²) < 4.78 is 38.2. The molecule has 2 atom stereocenters. The van der Waals surface area contributed by atoms with Crippen LogP contribution in [0.15, 0.2) is 97.0 Å². The van der Waals surface area contributed by atoms with Crippen LogP contribution in [-0.4, -0.2) is 31.8 Å². The summed E-state index contributed by atoms with van der Waals surface area (Å²) in [6.07, 6.45) is 8.20. The zero-order chi connectivity index (χ0) is 34.1. The van der Waals surface area contributed by atoms with E-state index in [1.165, 1.54) is 17.1 Å². The zero-order valence-corrected chi connectivity index (χ0v) is 25.4. The molecule has 0 radical (unpaired) electrons. The number of alkyl halides is 3. The Kier molecular flexibility index (Phi) is 10.7. The van der Waals surface area contributed by atoms with Gasteiger partial charge in [0.1, 0.15) is 6.04 Å². The normalized spacial score (nSPS) is 12.3. The average Bonchev–Trinajstić information content (AvgIpc) is 3.44. The molecule has 3 aromatic heterocycles. The van der Waals surface area contributed by atoms with Crippen molar-refractivity contribution in [2.45, 2.75) is 25.2 Å². The Balaban J connectivity index is 0.000000223. The van der Waals surface area contributed by atoms with Gasteiger partial charge in [-0.1, -0.05) is 72.8 Å². The third-order valence-electron chi connectivity index (χ3n) is 6.85. The van der Waals surface area contributed by atoms with Crippen LogP contribution in [0.3, 0.4) is 0 Å².